The third-order valence-electron chi connectivity index (χ3n) is 3.32. The van der Waals surface area contributed by atoms with Gasteiger partial charge in [-0.3, -0.25) is 4.79 Å². The maximum atomic E-state index is 12.2. The van der Waals surface area contributed by atoms with Crippen LogP contribution in [0.5, 0.6) is 0 Å². The lowest BCUT2D eigenvalue weighted by molar-refractivity contribution is 0.739. The maximum absolute atomic E-state index is 12.2. The standard InChI is InChI=1S/C16H15N3O/c1-12-17-9-10-19(12)11-14-7-8-15(16(20)18-14)13-5-3-2-4-6-13/h2-10H,11H2,1H3,(H,18,20). The Labute approximate surface area is 116 Å². The zero-order chi connectivity index (χ0) is 13.9. The summed E-state index contributed by atoms with van der Waals surface area (Å²) in [6, 6.07) is 13.5. The molecule has 2 aromatic heterocycles. The number of imidazole rings is 1. The molecule has 3 aromatic rings. The Balaban J connectivity index is 1.92. The van der Waals surface area contributed by atoms with Crippen molar-refractivity contribution < 1.29 is 0 Å². The van der Waals surface area contributed by atoms with Gasteiger partial charge >= 0.3 is 0 Å². The second-order valence-electron chi connectivity index (χ2n) is 4.69. The Kier molecular flexibility index (Phi) is 3.21. The van der Waals surface area contributed by atoms with Gasteiger partial charge in [-0.2, -0.15) is 0 Å². The summed E-state index contributed by atoms with van der Waals surface area (Å²) in [5, 5.41) is 0. The van der Waals surface area contributed by atoms with Crippen LogP contribution in [-0.4, -0.2) is 14.5 Å². The van der Waals surface area contributed by atoms with Gasteiger partial charge in [-0.1, -0.05) is 30.3 Å². The van der Waals surface area contributed by atoms with E-state index in [0.717, 1.165) is 17.1 Å². The van der Waals surface area contributed by atoms with Gasteiger partial charge in [0.25, 0.3) is 5.56 Å². The molecule has 0 fully saturated rings. The number of hydrogen-bond donors (Lipinski definition) is 1. The summed E-state index contributed by atoms with van der Waals surface area (Å²) in [5.41, 5.74) is 2.43. The van der Waals surface area contributed by atoms with Crippen LogP contribution in [0.3, 0.4) is 0 Å². The average molecular weight is 265 g/mol. The minimum Gasteiger partial charge on any atom is -0.329 e. The molecule has 3 rings (SSSR count). The van der Waals surface area contributed by atoms with Crippen LogP contribution in [0.1, 0.15) is 11.5 Å². The summed E-state index contributed by atoms with van der Waals surface area (Å²) in [7, 11) is 0. The van der Waals surface area contributed by atoms with Crippen LogP contribution < -0.4 is 5.56 Å². The Hall–Kier alpha value is -2.62. The summed E-state index contributed by atoms with van der Waals surface area (Å²) in [5.74, 6) is 0.929. The predicted octanol–water partition coefficient (Wildman–Crippen LogP) is 2.60. The predicted molar refractivity (Wildman–Crippen MR) is 78.6 cm³/mol. The fourth-order valence-corrected chi connectivity index (χ4v) is 2.21. The molecule has 0 aliphatic heterocycles. The number of benzene rings is 1. The Morgan fingerprint density at radius 1 is 1.15 bits per heavy atom. The number of pyridine rings is 1. The molecule has 0 atom stereocenters. The molecule has 0 saturated carbocycles. The fraction of sp³-hybridized carbons (Fsp3) is 0.125. The molecule has 0 spiro atoms. The number of H-pyrrole nitrogens is 1. The van der Waals surface area contributed by atoms with E-state index in [-0.39, 0.29) is 5.56 Å². The van der Waals surface area contributed by atoms with E-state index in [1.165, 1.54) is 0 Å². The monoisotopic (exact) mass is 265 g/mol. The van der Waals surface area contributed by atoms with Crippen molar-refractivity contribution in [3.63, 3.8) is 0 Å². The van der Waals surface area contributed by atoms with Gasteiger partial charge < -0.3 is 9.55 Å². The zero-order valence-corrected chi connectivity index (χ0v) is 11.2. The smallest absolute Gasteiger partial charge is 0.256 e. The Bertz CT molecular complexity index is 772. The lowest BCUT2D eigenvalue weighted by Crippen LogP contribution is -2.13. The number of aryl methyl sites for hydroxylation is 1. The third kappa shape index (κ3) is 2.40. The van der Waals surface area contributed by atoms with Gasteiger partial charge in [-0.15, -0.1) is 0 Å². The van der Waals surface area contributed by atoms with E-state index >= 15 is 0 Å². The first kappa shape index (κ1) is 12.4. The van der Waals surface area contributed by atoms with E-state index in [0.29, 0.717) is 12.1 Å². The molecule has 20 heavy (non-hydrogen) atoms. The molecule has 0 bridgehead atoms. The highest BCUT2D eigenvalue weighted by atomic mass is 16.1. The van der Waals surface area contributed by atoms with Gasteiger partial charge in [0.05, 0.1) is 6.54 Å². The molecule has 2 heterocycles. The summed E-state index contributed by atoms with van der Waals surface area (Å²) in [6.45, 7) is 2.56. The van der Waals surface area contributed by atoms with Crippen LogP contribution in [0.2, 0.25) is 0 Å². The third-order valence-corrected chi connectivity index (χ3v) is 3.32. The number of aromatic nitrogens is 3. The molecule has 1 aromatic carbocycles. The quantitative estimate of drug-likeness (QED) is 0.791. The molecular formula is C16H15N3O. The first-order valence-corrected chi connectivity index (χ1v) is 6.49. The molecule has 0 aliphatic rings. The molecule has 0 unspecified atom stereocenters. The van der Waals surface area contributed by atoms with Crippen LogP contribution in [0.15, 0.2) is 59.7 Å². The van der Waals surface area contributed by atoms with E-state index in [1.807, 2.05) is 60.2 Å². The molecule has 4 heteroatoms. The molecule has 0 amide bonds. The van der Waals surface area contributed by atoms with Crippen LogP contribution in [0, 0.1) is 6.92 Å². The van der Waals surface area contributed by atoms with Crippen LogP contribution >= 0.6 is 0 Å². The maximum Gasteiger partial charge on any atom is 0.256 e. The average Bonchev–Trinajstić information content (AvgIpc) is 2.85. The first-order valence-electron chi connectivity index (χ1n) is 6.49. The lowest BCUT2D eigenvalue weighted by Gasteiger charge is -2.06. The molecular weight excluding hydrogens is 250 g/mol. The van der Waals surface area contributed by atoms with E-state index < -0.39 is 0 Å². The largest absolute Gasteiger partial charge is 0.329 e. The van der Waals surface area contributed by atoms with Gasteiger partial charge in [0.15, 0.2) is 0 Å². The summed E-state index contributed by atoms with van der Waals surface area (Å²) in [4.78, 5) is 19.3. The molecule has 4 nitrogen and oxygen atoms in total. The Morgan fingerprint density at radius 2 is 1.95 bits per heavy atom. The molecule has 100 valence electrons. The topological polar surface area (TPSA) is 50.7 Å². The van der Waals surface area contributed by atoms with Gasteiger partial charge in [0.2, 0.25) is 0 Å². The number of hydrogen-bond acceptors (Lipinski definition) is 2. The van der Waals surface area contributed by atoms with Crippen molar-refractivity contribution in [2.24, 2.45) is 0 Å². The minimum atomic E-state index is -0.0635. The second-order valence-corrected chi connectivity index (χ2v) is 4.69. The van der Waals surface area contributed by atoms with Gasteiger partial charge in [-0.25, -0.2) is 4.98 Å². The van der Waals surface area contributed by atoms with Crippen molar-refractivity contribution >= 4 is 0 Å². The van der Waals surface area contributed by atoms with Crippen molar-refractivity contribution in [2.45, 2.75) is 13.5 Å². The molecule has 0 saturated heterocycles. The van der Waals surface area contributed by atoms with Crippen LogP contribution in [0.25, 0.3) is 11.1 Å². The van der Waals surface area contributed by atoms with Gasteiger partial charge in [0, 0.05) is 23.7 Å². The van der Waals surface area contributed by atoms with E-state index in [9.17, 15) is 4.79 Å². The van der Waals surface area contributed by atoms with Crippen LogP contribution in [0.4, 0.5) is 0 Å². The first-order chi connectivity index (χ1) is 9.74. The van der Waals surface area contributed by atoms with E-state index in [1.54, 1.807) is 6.20 Å². The number of nitrogens with zero attached hydrogens (tertiary/aromatic N) is 2. The molecule has 0 radical (unpaired) electrons. The highest BCUT2D eigenvalue weighted by Gasteiger charge is 2.05. The molecule has 0 aliphatic carbocycles. The summed E-state index contributed by atoms with van der Waals surface area (Å²) >= 11 is 0. The second kappa shape index (κ2) is 5.17. The van der Waals surface area contributed by atoms with E-state index in [2.05, 4.69) is 9.97 Å². The minimum absolute atomic E-state index is 0.0635. The normalized spacial score (nSPS) is 10.7. The van der Waals surface area contributed by atoms with Gasteiger partial charge in [0.1, 0.15) is 5.82 Å². The zero-order valence-electron chi connectivity index (χ0n) is 11.2. The van der Waals surface area contributed by atoms with Crippen molar-refractivity contribution in [1.82, 2.24) is 14.5 Å². The summed E-state index contributed by atoms with van der Waals surface area (Å²) in [6.07, 6.45) is 3.66. The fourth-order valence-electron chi connectivity index (χ4n) is 2.21. The summed E-state index contributed by atoms with van der Waals surface area (Å²) < 4.78 is 1.99. The van der Waals surface area contributed by atoms with Crippen molar-refractivity contribution in [3.8, 4) is 11.1 Å². The highest BCUT2D eigenvalue weighted by molar-refractivity contribution is 5.62. The highest BCUT2D eigenvalue weighted by Crippen LogP contribution is 2.14. The van der Waals surface area contributed by atoms with Crippen molar-refractivity contribution in [3.05, 3.63) is 76.7 Å². The number of rotatable bonds is 3. The van der Waals surface area contributed by atoms with Crippen LogP contribution in [-0.2, 0) is 6.54 Å². The van der Waals surface area contributed by atoms with Gasteiger partial charge in [-0.05, 0) is 24.6 Å². The van der Waals surface area contributed by atoms with Crippen molar-refractivity contribution in [2.75, 3.05) is 0 Å². The van der Waals surface area contributed by atoms with Crippen molar-refractivity contribution in [1.29, 1.82) is 0 Å². The SMILES string of the molecule is Cc1nccn1Cc1ccc(-c2ccccc2)c(=O)[nH]1. The van der Waals surface area contributed by atoms with E-state index in [4.69, 9.17) is 0 Å². The number of nitrogens with one attached hydrogen (secondary N) is 1. The molecule has 1 N–H and O–H groups in total. The number of aromatic amines is 1. The Morgan fingerprint density at radius 3 is 2.60 bits per heavy atom. The lowest BCUT2D eigenvalue weighted by atomic mass is 10.1.